The molecule has 0 aromatic carbocycles. The molecule has 0 aliphatic carbocycles. The summed E-state index contributed by atoms with van der Waals surface area (Å²) in [4.78, 5) is 4.92. The fourth-order valence-electron chi connectivity index (χ4n) is 3.25. The van der Waals surface area contributed by atoms with Crippen molar-refractivity contribution in [3.8, 4) is 0 Å². The highest BCUT2D eigenvalue weighted by Crippen LogP contribution is 2.28. The highest BCUT2D eigenvalue weighted by atomic mass is 15.1. The molecule has 0 amide bonds. The minimum absolute atomic E-state index is 0.513. The van der Waals surface area contributed by atoms with Gasteiger partial charge in [-0.3, -0.25) is 0 Å². The fraction of sp³-hybridized carbons (Fsp3) is 0.824. The van der Waals surface area contributed by atoms with E-state index in [2.05, 4.69) is 37.6 Å². The van der Waals surface area contributed by atoms with E-state index in [0.29, 0.717) is 12.0 Å². The molecular weight excluding hydrogens is 246 g/mol. The van der Waals surface area contributed by atoms with E-state index in [4.69, 9.17) is 4.98 Å². The largest absolute Gasteiger partial charge is 0.329 e. The van der Waals surface area contributed by atoms with Crippen molar-refractivity contribution in [3.63, 3.8) is 0 Å². The molecule has 0 radical (unpaired) electrons. The van der Waals surface area contributed by atoms with Crippen molar-refractivity contribution in [1.82, 2.24) is 14.9 Å². The van der Waals surface area contributed by atoms with Gasteiger partial charge in [0.05, 0.1) is 5.69 Å². The van der Waals surface area contributed by atoms with E-state index in [-0.39, 0.29) is 0 Å². The molecule has 0 spiro atoms. The first-order chi connectivity index (χ1) is 9.65. The average molecular weight is 277 g/mol. The molecule has 0 saturated carbocycles. The van der Waals surface area contributed by atoms with Crippen LogP contribution < -0.4 is 5.32 Å². The van der Waals surface area contributed by atoms with Gasteiger partial charge in [-0.2, -0.15) is 0 Å². The van der Waals surface area contributed by atoms with Crippen LogP contribution >= 0.6 is 0 Å². The van der Waals surface area contributed by atoms with E-state index in [9.17, 15) is 0 Å². The number of rotatable bonds is 7. The third-order valence-electron chi connectivity index (χ3n) is 4.38. The van der Waals surface area contributed by atoms with Crippen LogP contribution in [0.4, 0.5) is 0 Å². The van der Waals surface area contributed by atoms with Gasteiger partial charge >= 0.3 is 0 Å². The Labute approximate surface area is 124 Å². The Hall–Kier alpha value is -0.830. The van der Waals surface area contributed by atoms with Crippen LogP contribution in [-0.2, 0) is 13.0 Å². The average Bonchev–Trinajstić information content (AvgIpc) is 2.83. The normalized spacial score (nSPS) is 16.4. The smallest absolute Gasteiger partial charge is 0.112 e. The van der Waals surface area contributed by atoms with Crippen LogP contribution in [0.25, 0.3) is 0 Å². The predicted octanol–water partition coefficient (Wildman–Crippen LogP) is 4.18. The van der Waals surface area contributed by atoms with Crippen molar-refractivity contribution in [2.45, 2.75) is 84.7 Å². The van der Waals surface area contributed by atoms with E-state index < -0.39 is 0 Å². The van der Waals surface area contributed by atoms with Crippen LogP contribution in [0.2, 0.25) is 0 Å². The molecule has 1 aromatic rings. The summed E-state index contributed by atoms with van der Waals surface area (Å²) in [6, 6.07) is 0.596. The number of unbranched alkanes of at least 4 members (excludes halogenated alkanes) is 3. The zero-order valence-electron chi connectivity index (χ0n) is 13.7. The van der Waals surface area contributed by atoms with Gasteiger partial charge in [-0.15, -0.1) is 0 Å². The summed E-state index contributed by atoms with van der Waals surface area (Å²) >= 11 is 0. The molecule has 1 unspecified atom stereocenters. The number of aromatic nitrogens is 2. The van der Waals surface area contributed by atoms with Gasteiger partial charge in [-0.25, -0.2) is 4.98 Å². The lowest BCUT2D eigenvalue weighted by molar-refractivity contribution is 0.436. The molecule has 20 heavy (non-hydrogen) atoms. The first-order valence-electron chi connectivity index (χ1n) is 8.45. The minimum atomic E-state index is 0.513. The summed E-state index contributed by atoms with van der Waals surface area (Å²) in [7, 11) is 0. The Morgan fingerprint density at radius 3 is 2.70 bits per heavy atom. The highest BCUT2D eigenvalue weighted by Gasteiger charge is 2.23. The van der Waals surface area contributed by atoms with Gasteiger partial charge in [0.15, 0.2) is 0 Å². The Bertz CT molecular complexity index is 420. The maximum Gasteiger partial charge on any atom is 0.112 e. The third-order valence-corrected chi connectivity index (χ3v) is 4.38. The highest BCUT2D eigenvalue weighted by molar-refractivity contribution is 5.22. The molecule has 1 aromatic heterocycles. The van der Waals surface area contributed by atoms with Gasteiger partial charge in [0.25, 0.3) is 0 Å². The van der Waals surface area contributed by atoms with Gasteiger partial charge < -0.3 is 9.88 Å². The molecule has 1 N–H and O–H groups in total. The molecule has 0 bridgehead atoms. The van der Waals surface area contributed by atoms with E-state index in [1.54, 1.807) is 0 Å². The lowest BCUT2D eigenvalue weighted by Gasteiger charge is -2.23. The molecule has 0 saturated heterocycles. The van der Waals surface area contributed by atoms with Crippen molar-refractivity contribution in [2.24, 2.45) is 0 Å². The van der Waals surface area contributed by atoms with E-state index in [0.717, 1.165) is 19.5 Å². The second-order valence-corrected chi connectivity index (χ2v) is 6.51. The van der Waals surface area contributed by atoms with Crippen molar-refractivity contribution >= 4 is 0 Å². The van der Waals surface area contributed by atoms with Crippen molar-refractivity contribution in [2.75, 3.05) is 6.54 Å². The van der Waals surface area contributed by atoms with Gasteiger partial charge in [-0.05, 0) is 13.3 Å². The predicted molar refractivity (Wildman–Crippen MR) is 85.2 cm³/mol. The standard InChI is InChI=1S/C17H31N3/c1-5-6-7-8-9-14(4)20-16-10-11-18-12-15(16)19-17(20)13(2)3/h13-14,18H,5-12H2,1-4H3. The van der Waals surface area contributed by atoms with Gasteiger partial charge in [0.2, 0.25) is 0 Å². The van der Waals surface area contributed by atoms with Crippen molar-refractivity contribution in [1.29, 1.82) is 0 Å². The maximum atomic E-state index is 4.92. The molecule has 114 valence electrons. The number of nitrogens with zero attached hydrogens (tertiary/aromatic N) is 2. The van der Waals surface area contributed by atoms with E-state index in [1.165, 1.54) is 49.3 Å². The van der Waals surface area contributed by atoms with Crippen LogP contribution in [0.5, 0.6) is 0 Å². The molecule has 3 nitrogen and oxygen atoms in total. The van der Waals surface area contributed by atoms with Gasteiger partial charge in [0.1, 0.15) is 5.82 Å². The topological polar surface area (TPSA) is 29.9 Å². The molecule has 1 atom stereocenters. The van der Waals surface area contributed by atoms with Gasteiger partial charge in [0, 0.05) is 37.2 Å². The van der Waals surface area contributed by atoms with Crippen LogP contribution in [0.1, 0.15) is 89.0 Å². The fourth-order valence-corrected chi connectivity index (χ4v) is 3.25. The minimum Gasteiger partial charge on any atom is -0.329 e. The van der Waals surface area contributed by atoms with Crippen molar-refractivity contribution < 1.29 is 0 Å². The summed E-state index contributed by atoms with van der Waals surface area (Å²) in [5.74, 6) is 1.81. The first-order valence-corrected chi connectivity index (χ1v) is 8.45. The first kappa shape index (κ1) is 15.6. The van der Waals surface area contributed by atoms with Crippen LogP contribution in [0, 0.1) is 0 Å². The second-order valence-electron chi connectivity index (χ2n) is 6.51. The maximum absolute atomic E-state index is 4.92. The van der Waals surface area contributed by atoms with E-state index >= 15 is 0 Å². The summed E-state index contributed by atoms with van der Waals surface area (Å²) < 4.78 is 2.56. The van der Waals surface area contributed by atoms with Crippen LogP contribution in [0.15, 0.2) is 0 Å². The summed E-state index contributed by atoms with van der Waals surface area (Å²) in [5.41, 5.74) is 2.79. The Morgan fingerprint density at radius 1 is 1.20 bits per heavy atom. The quantitative estimate of drug-likeness (QED) is 0.758. The lowest BCUT2D eigenvalue weighted by atomic mass is 10.1. The van der Waals surface area contributed by atoms with Crippen molar-refractivity contribution in [3.05, 3.63) is 17.2 Å². The number of fused-ring (bicyclic) bond motifs is 1. The SMILES string of the molecule is CCCCCCC(C)n1c(C(C)C)nc2c1CCNC2. The third kappa shape index (κ3) is 3.43. The Morgan fingerprint density at radius 2 is 2.00 bits per heavy atom. The summed E-state index contributed by atoms with van der Waals surface area (Å²) in [5, 5.41) is 3.44. The molecular formula is C17H31N3. The molecule has 2 rings (SSSR count). The second kappa shape index (κ2) is 7.26. The lowest BCUT2D eigenvalue weighted by Crippen LogP contribution is -2.25. The zero-order chi connectivity index (χ0) is 14.5. The number of hydrogen-bond acceptors (Lipinski definition) is 2. The number of nitrogens with one attached hydrogen (secondary N) is 1. The summed E-state index contributed by atoms with van der Waals surface area (Å²) in [6.07, 6.45) is 7.83. The van der Waals surface area contributed by atoms with Crippen LogP contribution in [-0.4, -0.2) is 16.1 Å². The number of hydrogen-bond donors (Lipinski definition) is 1. The molecule has 0 fully saturated rings. The molecule has 1 aliphatic rings. The zero-order valence-corrected chi connectivity index (χ0v) is 13.7. The monoisotopic (exact) mass is 277 g/mol. The Balaban J connectivity index is 2.13. The molecule has 2 heterocycles. The Kier molecular flexibility index (Phi) is 5.64. The number of imidazole rings is 1. The van der Waals surface area contributed by atoms with Crippen LogP contribution in [0.3, 0.4) is 0 Å². The van der Waals surface area contributed by atoms with Gasteiger partial charge in [-0.1, -0.05) is 46.5 Å². The van der Waals surface area contributed by atoms with E-state index in [1.807, 2.05) is 0 Å². The molecule has 1 aliphatic heterocycles. The molecule has 3 heteroatoms. The summed E-state index contributed by atoms with van der Waals surface area (Å²) in [6.45, 7) is 11.2.